The van der Waals surface area contributed by atoms with E-state index in [4.69, 9.17) is 0 Å². The van der Waals surface area contributed by atoms with Gasteiger partial charge in [0.1, 0.15) is 6.17 Å². The fraction of sp³-hybridized carbons (Fsp3) is 0.333. The number of carbonyl (C=O) groups is 1. The van der Waals surface area contributed by atoms with Crippen molar-refractivity contribution in [3.05, 3.63) is 99.0 Å². The predicted octanol–water partition coefficient (Wildman–Crippen LogP) is 2.95. The van der Waals surface area contributed by atoms with E-state index in [2.05, 4.69) is 29.3 Å². The summed E-state index contributed by atoms with van der Waals surface area (Å²) < 4.78 is 1.63. The third kappa shape index (κ3) is 3.39. The minimum atomic E-state index is -0.592. The van der Waals surface area contributed by atoms with E-state index in [1.54, 1.807) is 15.8 Å². The van der Waals surface area contributed by atoms with Crippen molar-refractivity contribution in [2.75, 3.05) is 11.6 Å². The van der Waals surface area contributed by atoms with E-state index in [0.717, 1.165) is 24.0 Å². The van der Waals surface area contributed by atoms with E-state index in [-0.39, 0.29) is 24.4 Å². The van der Waals surface area contributed by atoms with Crippen LogP contribution in [-0.4, -0.2) is 44.5 Å². The lowest BCUT2D eigenvalue weighted by atomic mass is 9.93. The summed E-state index contributed by atoms with van der Waals surface area (Å²) in [5.41, 5.74) is 4.01. The summed E-state index contributed by atoms with van der Waals surface area (Å²) in [5, 5.41) is 22.8. The number of hydrogen-bond acceptors (Lipinski definition) is 5. The number of aromatic nitrogens is 1. The van der Waals surface area contributed by atoms with Crippen LogP contribution < -0.4 is 10.4 Å². The van der Waals surface area contributed by atoms with Crippen LogP contribution in [0.1, 0.15) is 59.1 Å². The number of aromatic hydroxyl groups is 1. The molecular formula is C27H29N3O4. The Bertz CT molecular complexity index is 1250. The first-order valence-corrected chi connectivity index (χ1v) is 11.8. The van der Waals surface area contributed by atoms with E-state index in [0.29, 0.717) is 6.42 Å². The smallest absolute Gasteiger partial charge is 0.278 e. The van der Waals surface area contributed by atoms with Crippen molar-refractivity contribution in [2.24, 2.45) is 0 Å². The van der Waals surface area contributed by atoms with Gasteiger partial charge in [-0.05, 0) is 48.9 Å². The second-order valence-corrected chi connectivity index (χ2v) is 9.20. The van der Waals surface area contributed by atoms with Gasteiger partial charge in [0.25, 0.3) is 5.91 Å². The van der Waals surface area contributed by atoms with Gasteiger partial charge in [0, 0.05) is 31.3 Å². The van der Waals surface area contributed by atoms with Crippen LogP contribution in [0.15, 0.2) is 65.6 Å². The average Bonchev–Trinajstić information content (AvgIpc) is 2.99. The lowest BCUT2D eigenvalue weighted by Gasteiger charge is -2.51. The van der Waals surface area contributed by atoms with Crippen LogP contribution >= 0.6 is 0 Å². The number of fused-ring (bicyclic) bond motifs is 3. The molecule has 0 saturated heterocycles. The first kappa shape index (κ1) is 22.2. The molecule has 0 fully saturated rings. The molecule has 34 heavy (non-hydrogen) atoms. The highest BCUT2D eigenvalue weighted by atomic mass is 16.3. The first-order valence-electron chi connectivity index (χ1n) is 11.8. The average molecular weight is 460 g/mol. The highest BCUT2D eigenvalue weighted by Crippen LogP contribution is 2.40. The molecule has 1 aliphatic heterocycles. The number of rotatable bonds is 4. The highest BCUT2D eigenvalue weighted by Gasteiger charge is 2.44. The first-order chi connectivity index (χ1) is 16.4. The summed E-state index contributed by atoms with van der Waals surface area (Å²) in [6.45, 7) is 3.70. The van der Waals surface area contributed by atoms with Gasteiger partial charge in [0.2, 0.25) is 5.43 Å². The van der Waals surface area contributed by atoms with Gasteiger partial charge in [-0.1, -0.05) is 48.5 Å². The molecule has 7 nitrogen and oxygen atoms in total. The number of carbonyl (C=O) groups excluding carboxylic acids is 1. The van der Waals surface area contributed by atoms with Crippen molar-refractivity contribution in [1.82, 2.24) is 9.58 Å². The van der Waals surface area contributed by atoms with Gasteiger partial charge in [0.05, 0.1) is 6.04 Å². The molecule has 0 saturated carbocycles. The van der Waals surface area contributed by atoms with Crippen LogP contribution in [0.25, 0.3) is 0 Å². The zero-order chi connectivity index (χ0) is 24.0. The Morgan fingerprint density at radius 1 is 0.941 bits per heavy atom. The molecule has 1 amide bonds. The Morgan fingerprint density at radius 2 is 1.53 bits per heavy atom. The van der Waals surface area contributed by atoms with Crippen LogP contribution in [0.2, 0.25) is 0 Å². The third-order valence-corrected chi connectivity index (χ3v) is 6.94. The number of hydrogen-bond donors (Lipinski definition) is 2. The molecule has 5 rings (SSSR count). The molecule has 2 N–H and O–H groups in total. The molecule has 1 atom stereocenters. The third-order valence-electron chi connectivity index (χ3n) is 6.94. The van der Waals surface area contributed by atoms with Gasteiger partial charge in [0.15, 0.2) is 11.4 Å². The number of benzene rings is 2. The second-order valence-electron chi connectivity index (χ2n) is 9.20. The summed E-state index contributed by atoms with van der Waals surface area (Å²) >= 11 is 0. The Labute approximate surface area is 198 Å². The second kappa shape index (κ2) is 8.65. The number of pyridine rings is 1. The summed E-state index contributed by atoms with van der Waals surface area (Å²) in [6, 6.07) is 17.4. The maximum atomic E-state index is 13.6. The molecular weight excluding hydrogens is 430 g/mol. The SMILES string of the molecule is CC(C)N1C(=O)c2c(O)c(=O)ccn2N(C2c3ccccc3CCc3ccccc32)C1CCO. The Hall–Kier alpha value is -3.58. The molecule has 1 aliphatic carbocycles. The maximum Gasteiger partial charge on any atom is 0.278 e. The molecule has 1 aromatic heterocycles. The quantitative estimate of drug-likeness (QED) is 0.627. The van der Waals surface area contributed by atoms with Gasteiger partial charge in [-0.15, -0.1) is 0 Å². The molecule has 2 aliphatic rings. The number of aliphatic hydroxyl groups excluding tert-OH is 1. The fourth-order valence-electron chi connectivity index (χ4n) is 5.48. The van der Waals surface area contributed by atoms with Crippen LogP contribution in [0, 0.1) is 0 Å². The summed E-state index contributed by atoms with van der Waals surface area (Å²) in [5.74, 6) is -0.976. The van der Waals surface area contributed by atoms with Gasteiger partial charge in [-0.2, -0.15) is 0 Å². The molecule has 0 bridgehead atoms. The van der Waals surface area contributed by atoms with Crippen LogP contribution in [0.4, 0.5) is 0 Å². The van der Waals surface area contributed by atoms with E-state index < -0.39 is 23.3 Å². The molecule has 2 heterocycles. The van der Waals surface area contributed by atoms with Crippen LogP contribution in [0.5, 0.6) is 5.75 Å². The molecule has 2 aromatic carbocycles. The molecule has 7 heteroatoms. The molecule has 3 aromatic rings. The Balaban J connectivity index is 1.85. The number of aliphatic hydroxyl groups is 1. The zero-order valence-corrected chi connectivity index (χ0v) is 19.4. The van der Waals surface area contributed by atoms with E-state index in [1.165, 1.54) is 17.2 Å². The van der Waals surface area contributed by atoms with Gasteiger partial charge in [-0.25, -0.2) is 0 Å². The summed E-state index contributed by atoms with van der Waals surface area (Å²) in [7, 11) is 0. The fourth-order valence-corrected chi connectivity index (χ4v) is 5.48. The van der Waals surface area contributed by atoms with Crippen molar-refractivity contribution in [1.29, 1.82) is 0 Å². The van der Waals surface area contributed by atoms with Crippen molar-refractivity contribution < 1.29 is 15.0 Å². The van der Waals surface area contributed by atoms with E-state index >= 15 is 0 Å². The van der Waals surface area contributed by atoms with Crippen molar-refractivity contribution in [3.8, 4) is 5.75 Å². The van der Waals surface area contributed by atoms with Crippen molar-refractivity contribution in [3.63, 3.8) is 0 Å². The summed E-state index contributed by atoms with van der Waals surface area (Å²) in [4.78, 5) is 27.6. The van der Waals surface area contributed by atoms with E-state index in [1.807, 2.05) is 38.1 Å². The lowest BCUT2D eigenvalue weighted by Crippen LogP contribution is -2.64. The monoisotopic (exact) mass is 459 g/mol. The standard InChI is InChI=1S/C27H29N3O4/c1-17(2)29-23(14-16-31)30(28-15-13-22(32)26(33)25(28)27(29)34)24-20-9-5-3-7-18(20)11-12-19-8-4-6-10-21(19)24/h3-10,13,15,17,23-24,31,33H,11-12,14,16H2,1-2H3. The summed E-state index contributed by atoms with van der Waals surface area (Å²) in [6.07, 6.45) is 3.16. The zero-order valence-electron chi connectivity index (χ0n) is 19.4. The highest BCUT2D eigenvalue weighted by molar-refractivity contribution is 5.96. The largest absolute Gasteiger partial charge is 0.502 e. The number of nitrogens with zero attached hydrogens (tertiary/aromatic N) is 3. The molecule has 0 radical (unpaired) electrons. The van der Waals surface area contributed by atoms with Crippen LogP contribution in [0.3, 0.4) is 0 Å². The Morgan fingerprint density at radius 3 is 2.09 bits per heavy atom. The maximum absolute atomic E-state index is 13.6. The normalized spacial score (nSPS) is 17.9. The van der Waals surface area contributed by atoms with Gasteiger partial charge < -0.3 is 15.1 Å². The van der Waals surface area contributed by atoms with Gasteiger partial charge in [-0.3, -0.25) is 19.3 Å². The predicted molar refractivity (Wildman–Crippen MR) is 130 cm³/mol. The number of amides is 1. The van der Waals surface area contributed by atoms with Gasteiger partial charge >= 0.3 is 0 Å². The number of aryl methyl sites for hydroxylation is 2. The minimum absolute atomic E-state index is 0.0467. The molecule has 0 spiro atoms. The van der Waals surface area contributed by atoms with Crippen molar-refractivity contribution >= 4 is 5.91 Å². The topological polar surface area (TPSA) is 86.0 Å². The minimum Gasteiger partial charge on any atom is -0.502 e. The lowest BCUT2D eigenvalue weighted by molar-refractivity contribution is 0.0414. The molecule has 176 valence electrons. The Kier molecular flexibility index (Phi) is 5.65. The van der Waals surface area contributed by atoms with Crippen molar-refractivity contribution in [2.45, 2.75) is 51.4 Å². The molecule has 1 unspecified atom stereocenters. The van der Waals surface area contributed by atoms with E-state index in [9.17, 15) is 19.8 Å². The van der Waals surface area contributed by atoms with Crippen LogP contribution in [-0.2, 0) is 12.8 Å².